The average Bonchev–Trinajstić information content (AvgIpc) is 3.45. The van der Waals surface area contributed by atoms with Gasteiger partial charge in [0.25, 0.3) is 5.91 Å². The summed E-state index contributed by atoms with van der Waals surface area (Å²) in [6.07, 6.45) is -0.984. The van der Waals surface area contributed by atoms with Crippen LogP contribution in [-0.2, 0) is 24.1 Å². The molecule has 0 aromatic carbocycles. The number of rotatable bonds is 6. The zero-order valence-corrected chi connectivity index (χ0v) is 17.3. The van der Waals surface area contributed by atoms with Gasteiger partial charge in [0.2, 0.25) is 0 Å². The van der Waals surface area contributed by atoms with Gasteiger partial charge in [-0.2, -0.15) is 23.4 Å². The number of halogens is 3. The molecule has 0 fully saturated rings. The van der Waals surface area contributed by atoms with Gasteiger partial charge in [-0.3, -0.25) is 4.79 Å². The Hall–Kier alpha value is -3.25. The number of fused-ring (bicyclic) bond motifs is 1. The summed E-state index contributed by atoms with van der Waals surface area (Å²) >= 11 is 1.38. The molecule has 0 aliphatic carbocycles. The second kappa shape index (κ2) is 8.12. The van der Waals surface area contributed by atoms with Gasteiger partial charge in [0.05, 0.1) is 28.7 Å². The van der Waals surface area contributed by atoms with E-state index in [0.29, 0.717) is 15.1 Å². The van der Waals surface area contributed by atoms with Crippen molar-refractivity contribution in [2.45, 2.75) is 26.3 Å². The highest BCUT2D eigenvalue weighted by molar-refractivity contribution is 7.15. The van der Waals surface area contributed by atoms with Crippen LogP contribution in [-0.4, -0.2) is 37.4 Å². The summed E-state index contributed by atoms with van der Waals surface area (Å²) in [6, 6.07) is 5.77. The number of aryl methyl sites for hydroxylation is 1. The van der Waals surface area contributed by atoms with Crippen LogP contribution in [0.15, 0.2) is 36.7 Å². The van der Waals surface area contributed by atoms with Gasteiger partial charge in [0.1, 0.15) is 6.73 Å². The molecule has 0 atom stereocenters. The molecule has 4 aromatic heterocycles. The molecule has 0 saturated carbocycles. The molecule has 0 radical (unpaired) electrons. The van der Waals surface area contributed by atoms with Crippen molar-refractivity contribution < 1.29 is 22.7 Å². The van der Waals surface area contributed by atoms with E-state index in [0.717, 1.165) is 17.4 Å². The maximum atomic E-state index is 13.7. The Morgan fingerprint density at radius 3 is 2.77 bits per heavy atom. The minimum Gasteiger partial charge on any atom is -0.362 e. The van der Waals surface area contributed by atoms with Crippen molar-refractivity contribution in [3.05, 3.63) is 52.9 Å². The number of alkyl halides is 3. The summed E-state index contributed by atoms with van der Waals surface area (Å²) in [5, 5.41) is 10.4. The number of nitrogens with one attached hydrogen (secondary N) is 1. The minimum absolute atomic E-state index is 0.0727. The van der Waals surface area contributed by atoms with Crippen molar-refractivity contribution in [2.75, 3.05) is 12.4 Å². The van der Waals surface area contributed by atoms with E-state index in [2.05, 4.69) is 20.5 Å². The fraction of sp³-hybridized carbons (Fsp3) is 0.263. The number of anilines is 1. The second-order valence-corrected chi connectivity index (χ2v) is 7.75. The van der Waals surface area contributed by atoms with Crippen molar-refractivity contribution in [3.63, 3.8) is 0 Å². The molecule has 4 rings (SSSR count). The van der Waals surface area contributed by atoms with Crippen LogP contribution in [0.3, 0.4) is 0 Å². The van der Waals surface area contributed by atoms with Crippen molar-refractivity contribution in [2.24, 2.45) is 0 Å². The minimum atomic E-state index is -4.68. The molecule has 0 unspecified atom stereocenters. The molecule has 0 aliphatic heterocycles. The number of methoxy groups -OCH3 is 1. The number of thiophene rings is 1. The Morgan fingerprint density at radius 2 is 2.10 bits per heavy atom. The highest BCUT2D eigenvalue weighted by atomic mass is 32.1. The number of carbonyl (C=O) groups excluding carboxylic acids is 1. The van der Waals surface area contributed by atoms with Gasteiger partial charge in [0, 0.05) is 18.1 Å². The lowest BCUT2D eigenvalue weighted by atomic mass is 10.2. The van der Waals surface area contributed by atoms with E-state index >= 15 is 0 Å². The van der Waals surface area contributed by atoms with Crippen LogP contribution < -0.4 is 5.32 Å². The first-order chi connectivity index (χ1) is 14.8. The first-order valence-electron chi connectivity index (χ1n) is 9.18. The largest absolute Gasteiger partial charge is 0.433 e. The summed E-state index contributed by atoms with van der Waals surface area (Å²) in [7, 11) is 1.50. The molecule has 1 N–H and O–H groups in total. The van der Waals surface area contributed by atoms with Crippen molar-refractivity contribution in [3.8, 4) is 10.6 Å². The maximum Gasteiger partial charge on any atom is 0.433 e. The normalized spacial score (nSPS) is 11.9. The van der Waals surface area contributed by atoms with Gasteiger partial charge in [-0.1, -0.05) is 6.92 Å². The number of hydrogen-bond donors (Lipinski definition) is 1. The van der Waals surface area contributed by atoms with Crippen LogP contribution in [0.2, 0.25) is 0 Å². The van der Waals surface area contributed by atoms with Crippen LogP contribution in [0, 0.1) is 0 Å². The lowest BCUT2D eigenvalue weighted by Crippen LogP contribution is -2.15. The van der Waals surface area contributed by atoms with Crippen LogP contribution >= 0.6 is 11.3 Å². The van der Waals surface area contributed by atoms with Crippen LogP contribution in [0.4, 0.5) is 18.9 Å². The lowest BCUT2D eigenvalue weighted by molar-refractivity contribution is -0.142. The predicted molar refractivity (Wildman–Crippen MR) is 108 cm³/mol. The summed E-state index contributed by atoms with van der Waals surface area (Å²) in [5.74, 6) is -0.679. The number of amides is 1. The SMILES string of the molecule is CCc1ccc(-c2cc(C(F)(F)F)n3nc(C(=O)Nc4cnn(COC)c4)cc3n2)s1. The number of ether oxygens (including phenoxy) is 1. The van der Waals surface area contributed by atoms with Crippen molar-refractivity contribution in [1.29, 1.82) is 0 Å². The summed E-state index contributed by atoms with van der Waals surface area (Å²) in [5.41, 5.74) is -0.746. The Morgan fingerprint density at radius 1 is 1.29 bits per heavy atom. The standard InChI is InChI=1S/C19H17F3N6O2S/c1-3-12-4-5-15(31-12)13-6-16(19(20,21)22)28-17(25-13)7-14(26-28)18(29)24-11-8-23-27(9-11)10-30-2/h4-9H,3,10H2,1-2H3,(H,24,29). The highest BCUT2D eigenvalue weighted by Crippen LogP contribution is 2.34. The molecule has 1 amide bonds. The van der Waals surface area contributed by atoms with E-state index in [1.807, 2.05) is 13.0 Å². The van der Waals surface area contributed by atoms with Gasteiger partial charge < -0.3 is 10.1 Å². The molecular formula is C19H17F3N6O2S. The monoisotopic (exact) mass is 450 g/mol. The molecule has 4 aromatic rings. The van der Waals surface area contributed by atoms with Crippen molar-refractivity contribution in [1.82, 2.24) is 24.4 Å². The molecule has 0 bridgehead atoms. The molecule has 162 valence electrons. The van der Waals surface area contributed by atoms with E-state index in [1.165, 1.54) is 41.6 Å². The van der Waals surface area contributed by atoms with E-state index in [-0.39, 0.29) is 23.8 Å². The van der Waals surface area contributed by atoms with Crippen LogP contribution in [0.25, 0.3) is 16.2 Å². The molecule has 4 heterocycles. The quantitative estimate of drug-likeness (QED) is 0.478. The molecule has 31 heavy (non-hydrogen) atoms. The van der Waals surface area contributed by atoms with Gasteiger partial charge in [-0.15, -0.1) is 11.3 Å². The molecule has 0 saturated heterocycles. The molecule has 8 nitrogen and oxygen atoms in total. The van der Waals surface area contributed by atoms with Crippen LogP contribution in [0.1, 0.15) is 28.0 Å². The number of hydrogen-bond acceptors (Lipinski definition) is 6. The lowest BCUT2D eigenvalue weighted by Gasteiger charge is -2.10. The highest BCUT2D eigenvalue weighted by Gasteiger charge is 2.35. The third-order valence-corrected chi connectivity index (χ3v) is 5.62. The fourth-order valence-corrected chi connectivity index (χ4v) is 3.85. The average molecular weight is 450 g/mol. The van der Waals surface area contributed by atoms with E-state index in [1.54, 1.807) is 6.07 Å². The first-order valence-corrected chi connectivity index (χ1v) is 10.00. The number of aromatic nitrogens is 5. The van der Waals surface area contributed by atoms with E-state index in [9.17, 15) is 18.0 Å². The molecule has 0 aliphatic rings. The predicted octanol–water partition coefficient (Wildman–Crippen LogP) is 4.09. The zero-order valence-electron chi connectivity index (χ0n) is 16.5. The third kappa shape index (κ3) is 4.30. The van der Waals surface area contributed by atoms with Gasteiger partial charge in [-0.25, -0.2) is 14.2 Å². The summed E-state index contributed by atoms with van der Waals surface area (Å²) in [6.45, 7) is 2.16. The Kier molecular flexibility index (Phi) is 5.50. The molecule has 0 spiro atoms. The number of nitrogens with zero attached hydrogens (tertiary/aromatic N) is 5. The van der Waals surface area contributed by atoms with E-state index < -0.39 is 17.8 Å². The van der Waals surface area contributed by atoms with E-state index in [4.69, 9.17) is 4.74 Å². The summed E-state index contributed by atoms with van der Waals surface area (Å²) < 4.78 is 48.1. The van der Waals surface area contributed by atoms with Crippen LogP contribution in [0.5, 0.6) is 0 Å². The zero-order chi connectivity index (χ0) is 22.2. The van der Waals surface area contributed by atoms with Crippen molar-refractivity contribution >= 4 is 28.6 Å². The maximum absolute atomic E-state index is 13.7. The smallest absolute Gasteiger partial charge is 0.362 e. The first kappa shape index (κ1) is 21.0. The number of carbonyl (C=O) groups is 1. The third-order valence-electron chi connectivity index (χ3n) is 4.37. The molecular weight excluding hydrogens is 433 g/mol. The van der Waals surface area contributed by atoms with Gasteiger partial charge in [-0.05, 0) is 24.6 Å². The van der Waals surface area contributed by atoms with Gasteiger partial charge >= 0.3 is 6.18 Å². The fourth-order valence-electron chi connectivity index (χ4n) is 2.95. The molecule has 12 heteroatoms. The topological polar surface area (TPSA) is 86.3 Å². The second-order valence-electron chi connectivity index (χ2n) is 6.58. The Bertz CT molecular complexity index is 1240. The summed E-state index contributed by atoms with van der Waals surface area (Å²) in [4.78, 5) is 18.5. The van der Waals surface area contributed by atoms with Gasteiger partial charge in [0.15, 0.2) is 17.0 Å². The Balaban J connectivity index is 1.71. The Labute approximate surface area is 178 Å².